The molecule has 0 unspecified atom stereocenters. The van der Waals surface area contributed by atoms with Crippen LogP contribution in [0.15, 0.2) is 83.7 Å². The van der Waals surface area contributed by atoms with Gasteiger partial charge in [0.05, 0.1) is 22.5 Å². The van der Waals surface area contributed by atoms with Crippen molar-refractivity contribution in [2.45, 2.75) is 44.7 Å². The van der Waals surface area contributed by atoms with Gasteiger partial charge in [-0.15, -0.1) is 5.10 Å². The Kier molecular flexibility index (Phi) is 7.12. The molecule has 5 aromatic rings. The number of fused-ring (bicyclic) bond motifs is 2. The highest BCUT2D eigenvalue weighted by Gasteiger charge is 2.19. The molecule has 8 heteroatoms. The molecule has 2 aromatic heterocycles. The van der Waals surface area contributed by atoms with E-state index in [9.17, 15) is 9.59 Å². The van der Waals surface area contributed by atoms with E-state index in [2.05, 4.69) is 32.7 Å². The fourth-order valence-electron chi connectivity index (χ4n) is 4.36. The summed E-state index contributed by atoms with van der Waals surface area (Å²) in [4.78, 5) is 33.5. The van der Waals surface area contributed by atoms with Gasteiger partial charge in [0.1, 0.15) is 11.3 Å². The number of carbonyl (C=O) groups is 1. The second-order valence-electron chi connectivity index (χ2n) is 8.89. The fraction of sp³-hybridized carbons (Fsp3) is 0.250. The Morgan fingerprint density at radius 3 is 2.47 bits per heavy atom. The van der Waals surface area contributed by atoms with E-state index in [4.69, 9.17) is 4.98 Å². The van der Waals surface area contributed by atoms with E-state index < -0.39 is 0 Å². The Bertz CT molecular complexity index is 1490. The number of H-pyrrole nitrogens is 1. The second kappa shape index (κ2) is 10.9. The highest BCUT2D eigenvalue weighted by atomic mass is 16.1. The van der Waals surface area contributed by atoms with Gasteiger partial charge in [-0.25, -0.2) is 9.67 Å². The molecule has 36 heavy (non-hydrogen) atoms. The van der Waals surface area contributed by atoms with Gasteiger partial charge in [-0.1, -0.05) is 66.2 Å². The van der Waals surface area contributed by atoms with Crippen molar-refractivity contribution in [2.24, 2.45) is 0 Å². The number of aromatic amines is 1. The molecule has 2 heterocycles. The third-order valence-corrected chi connectivity index (χ3v) is 6.26. The lowest BCUT2D eigenvalue weighted by atomic mass is 10.0. The number of aromatic nitrogens is 5. The molecule has 0 aliphatic carbocycles. The van der Waals surface area contributed by atoms with E-state index in [1.165, 1.54) is 4.68 Å². The van der Waals surface area contributed by atoms with Gasteiger partial charge in [-0.2, -0.15) is 0 Å². The van der Waals surface area contributed by atoms with Gasteiger partial charge in [0, 0.05) is 13.0 Å². The van der Waals surface area contributed by atoms with Crippen molar-refractivity contribution in [2.75, 3.05) is 0 Å². The maximum absolute atomic E-state index is 12.8. The molecule has 0 radical (unpaired) electrons. The van der Waals surface area contributed by atoms with Crippen LogP contribution in [0.2, 0.25) is 0 Å². The van der Waals surface area contributed by atoms with E-state index >= 15 is 0 Å². The summed E-state index contributed by atoms with van der Waals surface area (Å²) < 4.78 is 1.40. The summed E-state index contributed by atoms with van der Waals surface area (Å²) in [5, 5.41) is 11.9. The van der Waals surface area contributed by atoms with Gasteiger partial charge in [0.25, 0.3) is 5.56 Å². The Labute approximate surface area is 208 Å². The van der Waals surface area contributed by atoms with Crippen LogP contribution in [0.5, 0.6) is 0 Å². The molecular weight excluding hydrogens is 452 g/mol. The molecule has 0 saturated carbocycles. The number of amides is 1. The average molecular weight is 481 g/mol. The van der Waals surface area contributed by atoms with Crippen LogP contribution < -0.4 is 10.9 Å². The molecule has 0 spiro atoms. The molecule has 1 atom stereocenters. The minimum atomic E-state index is -0.251. The summed E-state index contributed by atoms with van der Waals surface area (Å²) in [7, 11) is 0. The van der Waals surface area contributed by atoms with E-state index in [1.54, 1.807) is 12.1 Å². The van der Waals surface area contributed by atoms with Gasteiger partial charge < -0.3 is 10.3 Å². The lowest BCUT2D eigenvalue weighted by Gasteiger charge is -2.17. The van der Waals surface area contributed by atoms with Crippen molar-refractivity contribution in [1.82, 2.24) is 30.3 Å². The normalized spacial score (nSPS) is 12.1. The van der Waals surface area contributed by atoms with E-state index in [1.807, 2.05) is 54.6 Å². The first-order valence-electron chi connectivity index (χ1n) is 12.3. The van der Waals surface area contributed by atoms with Crippen LogP contribution in [0.4, 0.5) is 0 Å². The number of carbonyl (C=O) groups excluding carboxylic acids is 1. The number of hydrogen-bond donors (Lipinski definition) is 2. The van der Waals surface area contributed by atoms with Crippen LogP contribution in [0, 0.1) is 0 Å². The predicted octanol–water partition coefficient (Wildman–Crippen LogP) is 4.33. The SMILES string of the molecule is O=C(CCCCCn1nnc2ccccc2c1=O)N[C@@H](Cc1ccccc1)c1nc2ccccc2[nH]1. The third kappa shape index (κ3) is 5.49. The summed E-state index contributed by atoms with van der Waals surface area (Å²) in [6.45, 7) is 0.480. The summed E-state index contributed by atoms with van der Waals surface area (Å²) in [6.07, 6.45) is 3.33. The number of para-hydroxylation sites is 2. The summed E-state index contributed by atoms with van der Waals surface area (Å²) >= 11 is 0. The molecule has 0 fully saturated rings. The van der Waals surface area contributed by atoms with E-state index in [0.29, 0.717) is 30.3 Å². The van der Waals surface area contributed by atoms with Gasteiger partial charge >= 0.3 is 0 Å². The number of nitrogens with one attached hydrogen (secondary N) is 2. The minimum absolute atomic E-state index is 0.0148. The summed E-state index contributed by atoms with van der Waals surface area (Å²) in [5.74, 6) is 0.738. The Hall–Kier alpha value is -4.33. The number of imidazole rings is 1. The van der Waals surface area contributed by atoms with E-state index in [0.717, 1.165) is 41.7 Å². The summed E-state index contributed by atoms with van der Waals surface area (Å²) in [5.41, 5.74) is 3.43. The Morgan fingerprint density at radius 1 is 0.889 bits per heavy atom. The van der Waals surface area contributed by atoms with Crippen molar-refractivity contribution < 1.29 is 4.79 Å². The zero-order valence-electron chi connectivity index (χ0n) is 19.9. The Balaban J connectivity index is 1.17. The van der Waals surface area contributed by atoms with Crippen LogP contribution in [0.1, 0.15) is 43.1 Å². The van der Waals surface area contributed by atoms with Crippen molar-refractivity contribution in [3.05, 3.63) is 101 Å². The molecule has 8 nitrogen and oxygen atoms in total. The lowest BCUT2D eigenvalue weighted by Crippen LogP contribution is -2.30. The Morgan fingerprint density at radius 2 is 1.64 bits per heavy atom. The van der Waals surface area contributed by atoms with Crippen molar-refractivity contribution in [3.63, 3.8) is 0 Å². The van der Waals surface area contributed by atoms with Crippen molar-refractivity contribution in [3.8, 4) is 0 Å². The number of hydrogen-bond acceptors (Lipinski definition) is 5. The third-order valence-electron chi connectivity index (χ3n) is 6.26. The van der Waals surface area contributed by atoms with Crippen LogP contribution in [-0.2, 0) is 17.8 Å². The van der Waals surface area contributed by atoms with Crippen LogP contribution in [0.25, 0.3) is 21.9 Å². The molecule has 0 aliphatic heterocycles. The molecule has 0 saturated heterocycles. The van der Waals surface area contributed by atoms with Crippen molar-refractivity contribution in [1.29, 1.82) is 0 Å². The molecular formula is C28H28N6O2. The maximum atomic E-state index is 12.8. The number of aryl methyl sites for hydroxylation is 1. The smallest absolute Gasteiger partial charge is 0.277 e. The maximum Gasteiger partial charge on any atom is 0.277 e. The first-order chi connectivity index (χ1) is 17.7. The largest absolute Gasteiger partial charge is 0.346 e. The highest BCUT2D eigenvalue weighted by molar-refractivity contribution is 5.78. The van der Waals surface area contributed by atoms with Gasteiger partial charge in [-0.3, -0.25) is 9.59 Å². The molecule has 1 amide bonds. The molecule has 5 rings (SSSR count). The number of nitrogens with zero attached hydrogens (tertiary/aromatic N) is 4. The quantitative estimate of drug-likeness (QED) is 0.290. The first kappa shape index (κ1) is 23.4. The number of unbranched alkanes of at least 4 members (excludes halogenated alkanes) is 2. The zero-order chi connectivity index (χ0) is 24.7. The standard InChI is InChI=1S/C28H28N6O2/c35-26(17-5-2-10-18-34-28(36)21-13-6-7-14-22(21)32-33-34)29-25(19-20-11-3-1-4-12-20)27-30-23-15-8-9-16-24(23)31-27/h1,3-4,6-9,11-16,25H,2,5,10,17-19H2,(H,29,35)(H,30,31)/t25-/m0/s1. The highest BCUT2D eigenvalue weighted by Crippen LogP contribution is 2.20. The molecule has 3 aromatic carbocycles. The van der Waals surface area contributed by atoms with Crippen LogP contribution in [0.3, 0.4) is 0 Å². The fourth-order valence-corrected chi connectivity index (χ4v) is 4.36. The topological polar surface area (TPSA) is 106 Å². The van der Waals surface area contributed by atoms with Crippen molar-refractivity contribution >= 4 is 27.8 Å². The van der Waals surface area contributed by atoms with Gasteiger partial charge in [-0.05, 0) is 49.1 Å². The average Bonchev–Trinajstić information content (AvgIpc) is 3.34. The molecule has 2 N–H and O–H groups in total. The molecule has 0 bridgehead atoms. The number of rotatable bonds is 10. The minimum Gasteiger partial charge on any atom is -0.346 e. The monoisotopic (exact) mass is 480 g/mol. The van der Waals surface area contributed by atoms with Crippen LogP contribution in [-0.4, -0.2) is 30.9 Å². The van der Waals surface area contributed by atoms with Gasteiger partial charge in [0.2, 0.25) is 5.91 Å². The zero-order valence-corrected chi connectivity index (χ0v) is 19.9. The van der Waals surface area contributed by atoms with Crippen LogP contribution >= 0.6 is 0 Å². The molecule has 182 valence electrons. The van der Waals surface area contributed by atoms with Gasteiger partial charge in [0.15, 0.2) is 0 Å². The predicted molar refractivity (Wildman–Crippen MR) is 139 cm³/mol. The number of benzene rings is 3. The van der Waals surface area contributed by atoms with E-state index in [-0.39, 0.29) is 17.5 Å². The first-order valence-corrected chi connectivity index (χ1v) is 12.3. The molecule has 0 aliphatic rings. The lowest BCUT2D eigenvalue weighted by molar-refractivity contribution is -0.122. The second-order valence-corrected chi connectivity index (χ2v) is 8.89. The summed E-state index contributed by atoms with van der Waals surface area (Å²) in [6, 6.07) is 24.9.